The monoisotopic (exact) mass is 421 g/mol. The summed E-state index contributed by atoms with van der Waals surface area (Å²) in [4.78, 5) is 16.3. The second-order valence-electron chi connectivity index (χ2n) is 6.15. The summed E-state index contributed by atoms with van der Waals surface area (Å²) in [5, 5.41) is 2.75. The van der Waals surface area contributed by atoms with Crippen LogP contribution in [0.2, 0.25) is 0 Å². The lowest BCUT2D eigenvalue weighted by Gasteiger charge is -2.11. The summed E-state index contributed by atoms with van der Waals surface area (Å²) in [5.74, 6) is 0.819. The average molecular weight is 422 g/mol. The van der Waals surface area contributed by atoms with Crippen molar-refractivity contribution >= 4 is 15.9 Å². The zero-order valence-corrected chi connectivity index (χ0v) is 17.5. The van der Waals surface area contributed by atoms with E-state index in [1.165, 1.54) is 12.1 Å². The lowest BCUT2D eigenvalue weighted by molar-refractivity contribution is -0.121. The molecule has 0 fully saturated rings. The predicted molar refractivity (Wildman–Crippen MR) is 109 cm³/mol. The third kappa shape index (κ3) is 7.35. The van der Waals surface area contributed by atoms with Crippen LogP contribution in [0.4, 0.5) is 0 Å². The van der Waals surface area contributed by atoms with Crippen molar-refractivity contribution in [3.63, 3.8) is 0 Å². The lowest BCUT2D eigenvalue weighted by Crippen LogP contribution is -2.30. The number of pyridine rings is 1. The second-order valence-corrected chi connectivity index (χ2v) is 7.91. The summed E-state index contributed by atoms with van der Waals surface area (Å²) in [6.07, 6.45) is 2.50. The molecule has 0 saturated heterocycles. The van der Waals surface area contributed by atoms with E-state index in [4.69, 9.17) is 9.47 Å². The Morgan fingerprint density at radius 1 is 1.10 bits per heavy atom. The highest BCUT2D eigenvalue weighted by molar-refractivity contribution is 7.89. The first-order valence-corrected chi connectivity index (χ1v) is 11.0. The van der Waals surface area contributed by atoms with Gasteiger partial charge in [-0.05, 0) is 43.7 Å². The minimum atomic E-state index is -3.69. The number of sulfonamides is 1. The van der Waals surface area contributed by atoms with Crippen molar-refractivity contribution in [2.75, 3.05) is 19.8 Å². The molecule has 0 aliphatic heterocycles. The van der Waals surface area contributed by atoms with E-state index in [0.717, 1.165) is 12.0 Å². The quantitative estimate of drug-likeness (QED) is 0.544. The molecule has 1 heterocycles. The lowest BCUT2D eigenvalue weighted by atomic mass is 10.2. The van der Waals surface area contributed by atoms with Gasteiger partial charge in [0, 0.05) is 31.3 Å². The number of nitrogens with one attached hydrogen (secondary N) is 2. The number of hydrogen-bond acceptors (Lipinski definition) is 6. The van der Waals surface area contributed by atoms with Crippen LogP contribution in [0.5, 0.6) is 11.6 Å². The molecule has 1 aromatic carbocycles. The molecule has 0 spiro atoms. The molecule has 0 saturated carbocycles. The van der Waals surface area contributed by atoms with Crippen molar-refractivity contribution in [3.8, 4) is 11.6 Å². The molecule has 1 aromatic heterocycles. The Morgan fingerprint density at radius 2 is 1.86 bits per heavy atom. The third-order valence-corrected chi connectivity index (χ3v) is 5.33. The van der Waals surface area contributed by atoms with Gasteiger partial charge in [-0.25, -0.2) is 18.1 Å². The number of carbonyl (C=O) groups is 1. The fourth-order valence-electron chi connectivity index (χ4n) is 2.43. The minimum Gasteiger partial charge on any atom is -0.494 e. The highest BCUT2D eigenvalue weighted by Crippen LogP contribution is 2.16. The zero-order chi connectivity index (χ0) is 21.1. The van der Waals surface area contributed by atoms with E-state index in [9.17, 15) is 13.2 Å². The SMILES string of the molecule is CCCOc1ncccc1CNC(=O)CCNS(=O)(=O)c1ccc(OCC)cc1. The van der Waals surface area contributed by atoms with Gasteiger partial charge < -0.3 is 14.8 Å². The highest BCUT2D eigenvalue weighted by atomic mass is 32.2. The Labute approximate surface area is 171 Å². The maximum absolute atomic E-state index is 12.3. The second kappa shape index (κ2) is 11.4. The van der Waals surface area contributed by atoms with Gasteiger partial charge in [0.25, 0.3) is 0 Å². The standard InChI is InChI=1S/C20H27N3O5S/c1-3-14-28-20-16(6-5-12-21-20)15-22-19(24)11-13-23-29(25,26)18-9-7-17(8-10-18)27-4-2/h5-10,12,23H,3-4,11,13-15H2,1-2H3,(H,22,24). The largest absolute Gasteiger partial charge is 0.494 e. The van der Waals surface area contributed by atoms with Crippen molar-refractivity contribution in [1.29, 1.82) is 0 Å². The van der Waals surface area contributed by atoms with Crippen LogP contribution in [0.3, 0.4) is 0 Å². The smallest absolute Gasteiger partial charge is 0.240 e. The molecule has 0 aliphatic rings. The average Bonchev–Trinajstić information content (AvgIpc) is 2.72. The summed E-state index contributed by atoms with van der Waals surface area (Å²) in [7, 11) is -3.69. The van der Waals surface area contributed by atoms with Gasteiger partial charge in [0.05, 0.1) is 18.1 Å². The molecule has 2 aromatic rings. The van der Waals surface area contributed by atoms with Gasteiger partial charge in [0.15, 0.2) is 0 Å². The predicted octanol–water partition coefficient (Wildman–Crippen LogP) is 2.25. The van der Waals surface area contributed by atoms with E-state index >= 15 is 0 Å². The van der Waals surface area contributed by atoms with E-state index < -0.39 is 10.0 Å². The molecule has 29 heavy (non-hydrogen) atoms. The first-order valence-electron chi connectivity index (χ1n) is 9.52. The van der Waals surface area contributed by atoms with Crippen molar-refractivity contribution in [2.45, 2.75) is 38.1 Å². The highest BCUT2D eigenvalue weighted by Gasteiger charge is 2.14. The van der Waals surface area contributed by atoms with Gasteiger partial charge in [-0.3, -0.25) is 4.79 Å². The number of hydrogen-bond donors (Lipinski definition) is 2. The molecule has 0 atom stereocenters. The van der Waals surface area contributed by atoms with Crippen LogP contribution < -0.4 is 19.5 Å². The zero-order valence-electron chi connectivity index (χ0n) is 16.7. The van der Waals surface area contributed by atoms with Crippen LogP contribution in [0.1, 0.15) is 32.3 Å². The first-order chi connectivity index (χ1) is 14.0. The van der Waals surface area contributed by atoms with Crippen LogP contribution in [-0.4, -0.2) is 39.1 Å². The summed E-state index contributed by atoms with van der Waals surface area (Å²) in [6, 6.07) is 9.72. The third-order valence-electron chi connectivity index (χ3n) is 3.86. The number of aromatic nitrogens is 1. The Kier molecular flexibility index (Phi) is 8.88. The van der Waals surface area contributed by atoms with E-state index in [1.54, 1.807) is 24.4 Å². The molecular weight excluding hydrogens is 394 g/mol. The molecule has 0 unspecified atom stereocenters. The fraction of sp³-hybridized carbons (Fsp3) is 0.400. The van der Waals surface area contributed by atoms with Crippen LogP contribution in [0, 0.1) is 0 Å². The van der Waals surface area contributed by atoms with Crippen molar-refractivity contribution < 1.29 is 22.7 Å². The Hall–Kier alpha value is -2.65. The number of benzene rings is 1. The number of nitrogens with zero attached hydrogens (tertiary/aromatic N) is 1. The molecule has 8 nitrogen and oxygen atoms in total. The van der Waals surface area contributed by atoms with Gasteiger partial charge in [-0.15, -0.1) is 0 Å². The minimum absolute atomic E-state index is 0.00634. The van der Waals surface area contributed by atoms with Crippen molar-refractivity contribution in [3.05, 3.63) is 48.2 Å². The van der Waals surface area contributed by atoms with E-state index in [0.29, 0.717) is 24.8 Å². The molecule has 9 heteroatoms. The van der Waals surface area contributed by atoms with E-state index in [2.05, 4.69) is 15.0 Å². The van der Waals surface area contributed by atoms with Gasteiger partial charge in [0.1, 0.15) is 5.75 Å². The fourth-order valence-corrected chi connectivity index (χ4v) is 3.47. The maximum atomic E-state index is 12.3. The molecular formula is C20H27N3O5S. The number of carbonyl (C=O) groups excluding carboxylic acids is 1. The van der Waals surface area contributed by atoms with Crippen LogP contribution >= 0.6 is 0 Å². The van der Waals surface area contributed by atoms with Crippen LogP contribution in [0.15, 0.2) is 47.5 Å². The van der Waals surface area contributed by atoms with Crippen molar-refractivity contribution in [1.82, 2.24) is 15.0 Å². The number of amides is 1. The number of ether oxygens (including phenoxy) is 2. The number of rotatable bonds is 12. The Morgan fingerprint density at radius 3 is 2.55 bits per heavy atom. The first kappa shape index (κ1) is 22.6. The maximum Gasteiger partial charge on any atom is 0.240 e. The Bertz CT molecular complexity index is 885. The van der Waals surface area contributed by atoms with E-state index in [1.807, 2.05) is 19.9 Å². The molecule has 1 amide bonds. The van der Waals surface area contributed by atoms with Gasteiger partial charge in [-0.2, -0.15) is 0 Å². The summed E-state index contributed by atoms with van der Waals surface area (Å²) >= 11 is 0. The molecule has 2 N–H and O–H groups in total. The van der Waals surface area contributed by atoms with Gasteiger partial charge in [0.2, 0.25) is 21.8 Å². The van der Waals surface area contributed by atoms with Gasteiger partial charge >= 0.3 is 0 Å². The summed E-state index contributed by atoms with van der Waals surface area (Å²) in [5.41, 5.74) is 0.768. The summed E-state index contributed by atoms with van der Waals surface area (Å²) < 4.78 is 37.9. The van der Waals surface area contributed by atoms with Crippen LogP contribution in [0.25, 0.3) is 0 Å². The molecule has 2 rings (SSSR count). The van der Waals surface area contributed by atoms with E-state index in [-0.39, 0.29) is 30.3 Å². The summed E-state index contributed by atoms with van der Waals surface area (Å²) in [6.45, 7) is 5.16. The normalized spacial score (nSPS) is 11.1. The van der Waals surface area contributed by atoms with Crippen LogP contribution in [-0.2, 0) is 21.4 Å². The topological polar surface area (TPSA) is 107 Å². The molecule has 0 bridgehead atoms. The molecule has 158 valence electrons. The Balaban J connectivity index is 1.80. The molecule has 0 radical (unpaired) electrons. The van der Waals surface area contributed by atoms with Crippen molar-refractivity contribution in [2.24, 2.45) is 0 Å². The molecule has 0 aliphatic carbocycles. The van der Waals surface area contributed by atoms with Gasteiger partial charge in [-0.1, -0.05) is 13.0 Å².